The summed E-state index contributed by atoms with van der Waals surface area (Å²) >= 11 is 0. The van der Waals surface area contributed by atoms with E-state index in [0.717, 1.165) is 12.8 Å². The summed E-state index contributed by atoms with van der Waals surface area (Å²) in [7, 11) is 1.90. The molecule has 1 N–H and O–H groups in total. The summed E-state index contributed by atoms with van der Waals surface area (Å²) in [5, 5.41) is 2.68. The second-order valence-corrected chi connectivity index (χ2v) is 6.83. The van der Waals surface area contributed by atoms with Crippen LogP contribution in [0.4, 0.5) is 4.79 Å². The lowest BCUT2D eigenvalue weighted by atomic mass is 9.94. The number of alkyl carbamates (subject to hydrolysis) is 1. The van der Waals surface area contributed by atoms with Gasteiger partial charge in [-0.05, 0) is 40.0 Å². The number of amides is 2. The van der Waals surface area contributed by atoms with Crippen molar-refractivity contribution in [2.75, 3.05) is 13.6 Å². The Balaban J connectivity index is 2.16. The lowest BCUT2D eigenvalue weighted by Gasteiger charge is -2.31. The van der Waals surface area contributed by atoms with Gasteiger partial charge in [0.05, 0.1) is 0 Å². The van der Waals surface area contributed by atoms with E-state index in [1.807, 2.05) is 32.7 Å². The molecule has 0 aromatic rings. The minimum Gasteiger partial charge on any atom is -0.444 e. The van der Waals surface area contributed by atoms with Crippen LogP contribution in [0, 0.1) is 0 Å². The highest BCUT2D eigenvalue weighted by molar-refractivity contribution is 5.76. The van der Waals surface area contributed by atoms with Gasteiger partial charge in [-0.3, -0.25) is 4.79 Å². The average Bonchev–Trinajstić information content (AvgIpc) is 2.41. The molecule has 0 saturated heterocycles. The van der Waals surface area contributed by atoms with Gasteiger partial charge in [-0.15, -0.1) is 0 Å². The summed E-state index contributed by atoms with van der Waals surface area (Å²) in [5.74, 6) is 0.174. The first kappa shape index (κ1) is 17.8. The van der Waals surface area contributed by atoms with E-state index < -0.39 is 11.7 Å². The van der Waals surface area contributed by atoms with Crippen LogP contribution >= 0.6 is 0 Å². The molecule has 5 heteroatoms. The Morgan fingerprint density at radius 1 is 1.19 bits per heavy atom. The number of hydrogen-bond acceptors (Lipinski definition) is 3. The molecule has 122 valence electrons. The van der Waals surface area contributed by atoms with Crippen molar-refractivity contribution in [3.63, 3.8) is 0 Å². The first-order valence-corrected chi connectivity index (χ1v) is 8.02. The Bertz CT molecular complexity index is 344. The van der Waals surface area contributed by atoms with Gasteiger partial charge < -0.3 is 15.0 Å². The third-order valence-electron chi connectivity index (χ3n) is 3.75. The van der Waals surface area contributed by atoms with E-state index in [4.69, 9.17) is 4.74 Å². The SMILES string of the molecule is CN(C(=O)CCCNC(=O)OC(C)(C)C)C1CCCCC1. The number of rotatable bonds is 5. The summed E-state index contributed by atoms with van der Waals surface area (Å²) in [6.45, 7) is 5.96. The largest absolute Gasteiger partial charge is 0.444 e. The quantitative estimate of drug-likeness (QED) is 0.794. The fourth-order valence-corrected chi connectivity index (χ4v) is 2.59. The Hall–Kier alpha value is -1.26. The highest BCUT2D eigenvalue weighted by Crippen LogP contribution is 2.22. The van der Waals surface area contributed by atoms with Crippen molar-refractivity contribution in [1.29, 1.82) is 0 Å². The summed E-state index contributed by atoms with van der Waals surface area (Å²) < 4.78 is 5.14. The van der Waals surface area contributed by atoms with Crippen molar-refractivity contribution in [2.24, 2.45) is 0 Å². The van der Waals surface area contributed by atoms with E-state index in [-0.39, 0.29) is 5.91 Å². The molecule has 1 aliphatic rings. The average molecular weight is 298 g/mol. The fourth-order valence-electron chi connectivity index (χ4n) is 2.59. The lowest BCUT2D eigenvalue weighted by Crippen LogP contribution is -2.38. The fraction of sp³-hybridized carbons (Fsp3) is 0.875. The molecule has 1 rings (SSSR count). The Labute approximate surface area is 128 Å². The molecule has 1 fully saturated rings. The van der Waals surface area contributed by atoms with Crippen LogP contribution in [-0.2, 0) is 9.53 Å². The van der Waals surface area contributed by atoms with Gasteiger partial charge in [0, 0.05) is 26.1 Å². The van der Waals surface area contributed by atoms with Crippen LogP contribution in [0.25, 0.3) is 0 Å². The number of ether oxygens (including phenoxy) is 1. The molecule has 0 heterocycles. The molecule has 0 bridgehead atoms. The van der Waals surface area contributed by atoms with E-state index in [1.165, 1.54) is 19.3 Å². The molecule has 0 aromatic carbocycles. The number of carbonyl (C=O) groups is 2. The first-order valence-electron chi connectivity index (χ1n) is 8.02. The molecule has 0 spiro atoms. The predicted molar refractivity (Wildman–Crippen MR) is 83.1 cm³/mol. The summed E-state index contributed by atoms with van der Waals surface area (Å²) in [6.07, 6.45) is 6.69. The molecular weight excluding hydrogens is 268 g/mol. The molecule has 2 amide bonds. The maximum Gasteiger partial charge on any atom is 0.407 e. The van der Waals surface area contributed by atoms with Crippen molar-refractivity contribution in [2.45, 2.75) is 77.4 Å². The van der Waals surface area contributed by atoms with E-state index in [0.29, 0.717) is 25.4 Å². The summed E-state index contributed by atoms with van der Waals surface area (Å²) in [5.41, 5.74) is -0.485. The molecule has 21 heavy (non-hydrogen) atoms. The van der Waals surface area contributed by atoms with Crippen LogP contribution in [0.2, 0.25) is 0 Å². The normalized spacial score (nSPS) is 16.4. The lowest BCUT2D eigenvalue weighted by molar-refractivity contribution is -0.132. The standard InChI is InChI=1S/C16H30N2O3/c1-16(2,3)21-15(20)17-12-8-11-14(19)18(4)13-9-6-5-7-10-13/h13H,5-12H2,1-4H3,(H,17,20). The Kier molecular flexibility index (Phi) is 6.99. The third-order valence-corrected chi connectivity index (χ3v) is 3.75. The maximum absolute atomic E-state index is 12.1. The maximum atomic E-state index is 12.1. The highest BCUT2D eigenvalue weighted by Gasteiger charge is 2.21. The molecule has 0 unspecified atom stereocenters. The molecule has 0 atom stereocenters. The molecule has 0 aromatic heterocycles. The molecule has 0 radical (unpaired) electrons. The number of nitrogens with one attached hydrogen (secondary N) is 1. The second-order valence-electron chi connectivity index (χ2n) is 6.83. The zero-order valence-corrected chi connectivity index (χ0v) is 13.9. The molecule has 5 nitrogen and oxygen atoms in total. The van der Waals surface area contributed by atoms with Gasteiger partial charge in [0.1, 0.15) is 5.60 Å². The van der Waals surface area contributed by atoms with Gasteiger partial charge in [0.25, 0.3) is 0 Å². The van der Waals surface area contributed by atoms with E-state index in [1.54, 1.807) is 0 Å². The highest BCUT2D eigenvalue weighted by atomic mass is 16.6. The Morgan fingerprint density at radius 3 is 2.38 bits per heavy atom. The van der Waals surface area contributed by atoms with Crippen LogP contribution in [-0.4, -0.2) is 42.1 Å². The Morgan fingerprint density at radius 2 is 1.81 bits per heavy atom. The van der Waals surface area contributed by atoms with Gasteiger partial charge in [-0.1, -0.05) is 19.3 Å². The van der Waals surface area contributed by atoms with E-state index in [2.05, 4.69) is 5.32 Å². The van der Waals surface area contributed by atoms with Crippen molar-refractivity contribution in [1.82, 2.24) is 10.2 Å². The van der Waals surface area contributed by atoms with Crippen molar-refractivity contribution >= 4 is 12.0 Å². The molecule has 1 aliphatic carbocycles. The number of nitrogens with zero attached hydrogens (tertiary/aromatic N) is 1. The molecular formula is C16H30N2O3. The molecule has 1 saturated carbocycles. The predicted octanol–water partition coefficient (Wildman–Crippen LogP) is 3.08. The van der Waals surface area contributed by atoms with Gasteiger partial charge in [-0.25, -0.2) is 4.79 Å². The summed E-state index contributed by atoms with van der Waals surface area (Å²) in [6, 6.07) is 0.407. The minimum absolute atomic E-state index is 0.174. The topological polar surface area (TPSA) is 58.6 Å². The van der Waals surface area contributed by atoms with Crippen molar-refractivity contribution < 1.29 is 14.3 Å². The van der Waals surface area contributed by atoms with E-state index in [9.17, 15) is 9.59 Å². The van der Waals surface area contributed by atoms with Gasteiger partial charge >= 0.3 is 6.09 Å². The van der Waals surface area contributed by atoms with Gasteiger partial charge in [-0.2, -0.15) is 0 Å². The third kappa shape index (κ3) is 7.34. The zero-order chi connectivity index (χ0) is 15.9. The number of hydrogen-bond donors (Lipinski definition) is 1. The van der Waals surface area contributed by atoms with Crippen LogP contribution in [0.15, 0.2) is 0 Å². The number of carbonyl (C=O) groups excluding carboxylic acids is 2. The molecule has 0 aliphatic heterocycles. The zero-order valence-electron chi connectivity index (χ0n) is 13.9. The monoisotopic (exact) mass is 298 g/mol. The van der Waals surface area contributed by atoms with Gasteiger partial charge in [0.15, 0.2) is 0 Å². The van der Waals surface area contributed by atoms with Crippen LogP contribution in [0.5, 0.6) is 0 Å². The van der Waals surface area contributed by atoms with E-state index >= 15 is 0 Å². The van der Waals surface area contributed by atoms with Crippen LogP contribution in [0.3, 0.4) is 0 Å². The minimum atomic E-state index is -0.485. The first-order chi connectivity index (χ1) is 9.79. The van der Waals surface area contributed by atoms with Crippen LogP contribution < -0.4 is 5.32 Å². The van der Waals surface area contributed by atoms with Crippen molar-refractivity contribution in [3.8, 4) is 0 Å². The van der Waals surface area contributed by atoms with Crippen molar-refractivity contribution in [3.05, 3.63) is 0 Å². The van der Waals surface area contributed by atoms with Gasteiger partial charge in [0.2, 0.25) is 5.91 Å². The van der Waals surface area contributed by atoms with Crippen LogP contribution in [0.1, 0.15) is 65.7 Å². The second kappa shape index (κ2) is 8.25. The summed E-state index contributed by atoms with van der Waals surface area (Å²) in [4.78, 5) is 25.4. The smallest absolute Gasteiger partial charge is 0.407 e.